The lowest BCUT2D eigenvalue weighted by molar-refractivity contribution is 0.191. The molecule has 0 saturated heterocycles. The van der Waals surface area contributed by atoms with E-state index in [-0.39, 0.29) is 0 Å². The largest absolute Gasteiger partial charge is 0.330 e. The summed E-state index contributed by atoms with van der Waals surface area (Å²) in [7, 11) is 0. The van der Waals surface area contributed by atoms with Gasteiger partial charge in [0, 0.05) is 0 Å². The highest BCUT2D eigenvalue weighted by Crippen LogP contribution is 2.48. The maximum atomic E-state index is 5.57. The van der Waals surface area contributed by atoms with Crippen molar-refractivity contribution in [3.8, 4) is 0 Å². The average molecular weight is 155 g/mol. The van der Waals surface area contributed by atoms with Crippen LogP contribution in [-0.2, 0) is 0 Å². The Morgan fingerprint density at radius 1 is 1.36 bits per heavy atom. The van der Waals surface area contributed by atoms with Crippen LogP contribution in [0, 0.1) is 17.3 Å². The Labute approximate surface area is 70.4 Å². The zero-order chi connectivity index (χ0) is 8.48. The minimum Gasteiger partial charge on any atom is -0.330 e. The molecule has 0 radical (unpaired) electrons. The second-order valence-electron chi connectivity index (χ2n) is 4.57. The molecule has 2 N–H and O–H groups in total. The third-order valence-corrected chi connectivity index (χ3v) is 3.79. The maximum Gasteiger partial charge on any atom is -0.00744 e. The summed E-state index contributed by atoms with van der Waals surface area (Å²) in [6.07, 6.45) is 4.01. The normalized spacial score (nSPS) is 36.0. The highest BCUT2D eigenvalue weighted by atomic mass is 14.5. The van der Waals surface area contributed by atoms with Crippen molar-refractivity contribution in [2.75, 3.05) is 6.54 Å². The van der Waals surface area contributed by atoms with Crippen molar-refractivity contribution in [2.24, 2.45) is 23.0 Å². The van der Waals surface area contributed by atoms with Crippen LogP contribution in [0.4, 0.5) is 0 Å². The molecule has 0 aliphatic heterocycles. The molecular formula is C10H21N. The summed E-state index contributed by atoms with van der Waals surface area (Å²) in [6, 6.07) is 0. The van der Waals surface area contributed by atoms with Gasteiger partial charge in [0.25, 0.3) is 0 Å². The van der Waals surface area contributed by atoms with Crippen molar-refractivity contribution in [1.82, 2.24) is 0 Å². The summed E-state index contributed by atoms with van der Waals surface area (Å²) in [5.74, 6) is 1.77. The molecule has 0 spiro atoms. The fourth-order valence-corrected chi connectivity index (χ4v) is 2.32. The van der Waals surface area contributed by atoms with E-state index in [1.54, 1.807) is 0 Å². The molecular weight excluding hydrogens is 134 g/mol. The molecule has 1 aliphatic rings. The SMILES string of the molecule is C[C@@H]1CC[C@H](CCN)C1(C)C. The van der Waals surface area contributed by atoms with E-state index in [9.17, 15) is 0 Å². The molecule has 0 amide bonds. The van der Waals surface area contributed by atoms with E-state index in [1.807, 2.05) is 0 Å². The summed E-state index contributed by atoms with van der Waals surface area (Å²) in [5, 5.41) is 0. The lowest BCUT2D eigenvalue weighted by atomic mass is 9.75. The monoisotopic (exact) mass is 155 g/mol. The highest BCUT2D eigenvalue weighted by molar-refractivity contribution is 4.89. The van der Waals surface area contributed by atoms with E-state index in [2.05, 4.69) is 20.8 Å². The van der Waals surface area contributed by atoms with E-state index in [0.717, 1.165) is 18.4 Å². The number of nitrogens with two attached hydrogens (primary N) is 1. The van der Waals surface area contributed by atoms with Crippen LogP contribution in [0.3, 0.4) is 0 Å². The van der Waals surface area contributed by atoms with Gasteiger partial charge in [-0.3, -0.25) is 0 Å². The van der Waals surface area contributed by atoms with E-state index in [4.69, 9.17) is 5.73 Å². The van der Waals surface area contributed by atoms with E-state index < -0.39 is 0 Å². The third kappa shape index (κ3) is 1.58. The minimum atomic E-state index is 0.541. The van der Waals surface area contributed by atoms with Gasteiger partial charge in [-0.15, -0.1) is 0 Å². The van der Waals surface area contributed by atoms with Crippen LogP contribution >= 0.6 is 0 Å². The van der Waals surface area contributed by atoms with Crippen LogP contribution in [0.15, 0.2) is 0 Å². The van der Waals surface area contributed by atoms with Crippen LogP contribution < -0.4 is 5.73 Å². The van der Waals surface area contributed by atoms with Gasteiger partial charge in [0.15, 0.2) is 0 Å². The van der Waals surface area contributed by atoms with E-state index in [1.165, 1.54) is 19.3 Å². The lowest BCUT2D eigenvalue weighted by Crippen LogP contribution is -2.25. The summed E-state index contributed by atoms with van der Waals surface area (Å²) < 4.78 is 0. The summed E-state index contributed by atoms with van der Waals surface area (Å²) >= 11 is 0. The third-order valence-electron chi connectivity index (χ3n) is 3.79. The summed E-state index contributed by atoms with van der Waals surface area (Å²) in [4.78, 5) is 0. The Morgan fingerprint density at radius 3 is 2.36 bits per heavy atom. The Balaban J connectivity index is 2.55. The minimum absolute atomic E-state index is 0.541. The molecule has 1 fully saturated rings. The zero-order valence-corrected chi connectivity index (χ0v) is 8.06. The summed E-state index contributed by atoms with van der Waals surface area (Å²) in [6.45, 7) is 8.02. The van der Waals surface area contributed by atoms with E-state index >= 15 is 0 Å². The first-order valence-electron chi connectivity index (χ1n) is 4.79. The van der Waals surface area contributed by atoms with Crippen molar-refractivity contribution in [3.05, 3.63) is 0 Å². The van der Waals surface area contributed by atoms with Gasteiger partial charge < -0.3 is 5.73 Å². The van der Waals surface area contributed by atoms with Gasteiger partial charge in [0.2, 0.25) is 0 Å². The number of hydrogen-bond donors (Lipinski definition) is 1. The van der Waals surface area contributed by atoms with Crippen LogP contribution in [0.5, 0.6) is 0 Å². The van der Waals surface area contributed by atoms with Gasteiger partial charge in [-0.25, -0.2) is 0 Å². The molecule has 1 rings (SSSR count). The van der Waals surface area contributed by atoms with Crippen molar-refractivity contribution in [3.63, 3.8) is 0 Å². The first kappa shape index (κ1) is 9.05. The molecule has 1 aliphatic carbocycles. The van der Waals surface area contributed by atoms with Crippen molar-refractivity contribution >= 4 is 0 Å². The van der Waals surface area contributed by atoms with Gasteiger partial charge in [-0.1, -0.05) is 20.8 Å². The lowest BCUT2D eigenvalue weighted by Gasteiger charge is -2.31. The first-order chi connectivity index (χ1) is 5.09. The van der Waals surface area contributed by atoms with Gasteiger partial charge in [-0.05, 0) is 43.1 Å². The molecule has 0 aromatic carbocycles. The molecule has 0 aromatic rings. The molecule has 0 aromatic heterocycles. The standard InChI is InChI=1S/C10H21N/c1-8-4-5-9(6-7-11)10(8,2)3/h8-9H,4-7,11H2,1-3H3/t8-,9-/m1/s1. The second kappa shape index (κ2) is 3.14. The predicted octanol–water partition coefficient (Wildman–Crippen LogP) is 2.41. The molecule has 2 atom stereocenters. The summed E-state index contributed by atoms with van der Waals surface area (Å²) in [5.41, 5.74) is 6.12. The fraction of sp³-hybridized carbons (Fsp3) is 1.00. The Hall–Kier alpha value is -0.0400. The molecule has 66 valence electrons. The van der Waals surface area contributed by atoms with Crippen molar-refractivity contribution < 1.29 is 0 Å². The van der Waals surface area contributed by atoms with Gasteiger partial charge in [-0.2, -0.15) is 0 Å². The quantitative estimate of drug-likeness (QED) is 0.651. The molecule has 11 heavy (non-hydrogen) atoms. The molecule has 1 heteroatoms. The molecule has 0 unspecified atom stereocenters. The topological polar surface area (TPSA) is 26.0 Å². The first-order valence-corrected chi connectivity index (χ1v) is 4.79. The molecule has 1 nitrogen and oxygen atoms in total. The Bertz CT molecular complexity index is 127. The van der Waals surface area contributed by atoms with Gasteiger partial charge in [0.1, 0.15) is 0 Å². The van der Waals surface area contributed by atoms with Crippen molar-refractivity contribution in [1.29, 1.82) is 0 Å². The maximum absolute atomic E-state index is 5.57. The Kier molecular flexibility index (Phi) is 2.58. The van der Waals surface area contributed by atoms with Crippen molar-refractivity contribution in [2.45, 2.75) is 40.0 Å². The molecule has 0 heterocycles. The van der Waals surface area contributed by atoms with Crippen LogP contribution in [-0.4, -0.2) is 6.54 Å². The van der Waals surface area contributed by atoms with Gasteiger partial charge in [0.05, 0.1) is 0 Å². The fourth-order valence-electron chi connectivity index (χ4n) is 2.32. The Morgan fingerprint density at radius 2 is 2.00 bits per heavy atom. The zero-order valence-electron chi connectivity index (χ0n) is 8.06. The van der Waals surface area contributed by atoms with Gasteiger partial charge >= 0.3 is 0 Å². The average Bonchev–Trinajstić information content (AvgIpc) is 2.16. The van der Waals surface area contributed by atoms with Crippen LogP contribution in [0.25, 0.3) is 0 Å². The number of hydrogen-bond acceptors (Lipinski definition) is 1. The van der Waals surface area contributed by atoms with E-state index in [0.29, 0.717) is 5.41 Å². The predicted molar refractivity (Wildman–Crippen MR) is 49.3 cm³/mol. The highest BCUT2D eigenvalue weighted by Gasteiger charge is 2.39. The van der Waals surface area contributed by atoms with Crippen LogP contribution in [0.1, 0.15) is 40.0 Å². The number of rotatable bonds is 2. The van der Waals surface area contributed by atoms with Crippen LogP contribution in [0.2, 0.25) is 0 Å². The second-order valence-corrected chi connectivity index (χ2v) is 4.57. The molecule has 0 bridgehead atoms. The molecule has 1 saturated carbocycles. The smallest absolute Gasteiger partial charge is 0.00744 e.